The van der Waals surface area contributed by atoms with Crippen molar-refractivity contribution in [3.05, 3.63) is 58.9 Å². The third-order valence-corrected chi connectivity index (χ3v) is 4.87. The second-order valence-corrected chi connectivity index (χ2v) is 6.64. The predicted molar refractivity (Wildman–Crippen MR) is 84.3 cm³/mol. The predicted octanol–water partition coefficient (Wildman–Crippen LogP) is 4.10. The molecule has 2 nitrogen and oxygen atoms in total. The molecule has 3 rings (SSSR count). The summed E-state index contributed by atoms with van der Waals surface area (Å²) in [5.41, 5.74) is 3.56. The number of fused-ring (bicyclic) bond motifs is 1. The third-order valence-electron chi connectivity index (χ3n) is 3.57. The monoisotopic (exact) mass is 301 g/mol. The molecule has 2 aromatic rings. The van der Waals surface area contributed by atoms with E-state index < -0.39 is 5.82 Å². The van der Waals surface area contributed by atoms with Crippen molar-refractivity contribution >= 4 is 23.4 Å². The summed E-state index contributed by atoms with van der Waals surface area (Å²) in [6, 6.07) is 10.9. The fourth-order valence-electron chi connectivity index (χ4n) is 2.43. The summed E-state index contributed by atoms with van der Waals surface area (Å²) in [7, 11) is 0. The molecular formula is C17H16FNOS. The van der Waals surface area contributed by atoms with Gasteiger partial charge in [-0.2, -0.15) is 0 Å². The highest BCUT2D eigenvalue weighted by atomic mass is 32.2. The molecule has 0 saturated heterocycles. The standard InChI is InChI=1S/C17H16FNOS/c1-10-4-6-13(18)14(7-10)19-17(20)16-9-12-5-3-11(2)8-15(12)21-16/h3-8,16H,9H2,1-2H3,(H,19,20)/t16-/m0/s1. The van der Waals surface area contributed by atoms with Gasteiger partial charge in [0.1, 0.15) is 5.82 Å². The van der Waals surface area contributed by atoms with Gasteiger partial charge in [0.2, 0.25) is 5.91 Å². The second-order valence-electron chi connectivity index (χ2n) is 5.39. The zero-order valence-electron chi connectivity index (χ0n) is 11.9. The first-order valence-electron chi connectivity index (χ1n) is 6.86. The number of aryl methyl sites for hydroxylation is 2. The number of hydrogen-bond donors (Lipinski definition) is 1. The fraction of sp³-hybridized carbons (Fsp3) is 0.235. The van der Waals surface area contributed by atoms with Crippen LogP contribution in [0.1, 0.15) is 16.7 Å². The zero-order valence-corrected chi connectivity index (χ0v) is 12.8. The number of amides is 1. The first-order valence-corrected chi connectivity index (χ1v) is 7.74. The van der Waals surface area contributed by atoms with Gasteiger partial charge in [0.25, 0.3) is 0 Å². The number of nitrogens with one attached hydrogen (secondary N) is 1. The molecule has 0 unspecified atom stereocenters. The maximum absolute atomic E-state index is 13.7. The lowest BCUT2D eigenvalue weighted by Gasteiger charge is -2.11. The molecule has 1 aliphatic heterocycles. The number of carbonyl (C=O) groups excluding carboxylic acids is 1. The van der Waals surface area contributed by atoms with Gasteiger partial charge in [0.05, 0.1) is 10.9 Å². The Morgan fingerprint density at radius 3 is 2.71 bits per heavy atom. The molecule has 0 aliphatic carbocycles. The Labute approximate surface area is 127 Å². The fourth-order valence-corrected chi connectivity index (χ4v) is 3.72. The van der Waals surface area contributed by atoms with Crippen LogP contribution in [0.3, 0.4) is 0 Å². The van der Waals surface area contributed by atoms with Crippen LogP contribution in [0.5, 0.6) is 0 Å². The zero-order chi connectivity index (χ0) is 15.0. The Balaban J connectivity index is 1.74. The molecule has 0 fully saturated rings. The molecule has 2 aromatic carbocycles. The van der Waals surface area contributed by atoms with Crippen LogP contribution in [0.15, 0.2) is 41.3 Å². The van der Waals surface area contributed by atoms with Gasteiger partial charge in [-0.15, -0.1) is 11.8 Å². The van der Waals surface area contributed by atoms with Crippen molar-refractivity contribution in [1.82, 2.24) is 0 Å². The second kappa shape index (κ2) is 5.53. The molecule has 1 heterocycles. The molecule has 21 heavy (non-hydrogen) atoms. The van der Waals surface area contributed by atoms with Crippen LogP contribution in [0.25, 0.3) is 0 Å². The van der Waals surface area contributed by atoms with E-state index >= 15 is 0 Å². The minimum Gasteiger partial charge on any atom is -0.323 e. The lowest BCUT2D eigenvalue weighted by Crippen LogP contribution is -2.25. The van der Waals surface area contributed by atoms with Crippen LogP contribution in [0.2, 0.25) is 0 Å². The average Bonchev–Trinajstić information content (AvgIpc) is 2.86. The van der Waals surface area contributed by atoms with Crippen molar-refractivity contribution in [2.75, 3.05) is 5.32 Å². The Morgan fingerprint density at radius 1 is 1.19 bits per heavy atom. The van der Waals surface area contributed by atoms with Crippen molar-refractivity contribution in [2.45, 2.75) is 30.4 Å². The molecule has 1 aliphatic rings. The summed E-state index contributed by atoms with van der Waals surface area (Å²) in [5.74, 6) is -0.538. The smallest absolute Gasteiger partial charge is 0.238 e. The van der Waals surface area contributed by atoms with Gasteiger partial charge >= 0.3 is 0 Å². The molecule has 0 bridgehead atoms. The molecule has 1 amide bonds. The molecule has 4 heteroatoms. The molecule has 0 radical (unpaired) electrons. The van der Waals surface area contributed by atoms with Gasteiger partial charge in [-0.1, -0.05) is 23.8 Å². The third kappa shape index (κ3) is 2.95. The average molecular weight is 301 g/mol. The van der Waals surface area contributed by atoms with E-state index in [1.165, 1.54) is 17.2 Å². The van der Waals surface area contributed by atoms with Gasteiger partial charge in [0, 0.05) is 4.90 Å². The number of thioether (sulfide) groups is 1. The highest BCUT2D eigenvalue weighted by Gasteiger charge is 2.28. The highest BCUT2D eigenvalue weighted by molar-refractivity contribution is 8.01. The summed E-state index contributed by atoms with van der Waals surface area (Å²) < 4.78 is 13.7. The van der Waals surface area contributed by atoms with E-state index in [1.54, 1.807) is 23.9 Å². The molecule has 0 spiro atoms. The maximum Gasteiger partial charge on any atom is 0.238 e. The number of hydrogen-bond acceptors (Lipinski definition) is 2. The first-order chi connectivity index (χ1) is 10.0. The number of rotatable bonds is 2. The maximum atomic E-state index is 13.7. The summed E-state index contributed by atoms with van der Waals surface area (Å²) in [6.07, 6.45) is 0.694. The number of carbonyl (C=O) groups is 1. The lowest BCUT2D eigenvalue weighted by molar-refractivity contribution is -0.115. The largest absolute Gasteiger partial charge is 0.323 e. The summed E-state index contributed by atoms with van der Waals surface area (Å²) in [6.45, 7) is 3.91. The SMILES string of the molecule is Cc1ccc(F)c(NC(=O)[C@@H]2Cc3ccc(C)cc3S2)c1. The Kier molecular flexibility index (Phi) is 3.72. The van der Waals surface area contributed by atoms with E-state index in [1.807, 2.05) is 13.8 Å². The van der Waals surface area contributed by atoms with Gasteiger partial charge < -0.3 is 5.32 Å². The molecule has 0 aromatic heterocycles. The van der Waals surface area contributed by atoms with E-state index in [0.717, 1.165) is 10.5 Å². The topological polar surface area (TPSA) is 29.1 Å². The lowest BCUT2D eigenvalue weighted by atomic mass is 10.1. The van der Waals surface area contributed by atoms with Gasteiger partial charge in [-0.3, -0.25) is 4.79 Å². The van der Waals surface area contributed by atoms with Gasteiger partial charge in [-0.05, 0) is 49.6 Å². The number of benzene rings is 2. The van der Waals surface area contributed by atoms with Crippen molar-refractivity contribution in [3.63, 3.8) is 0 Å². The Bertz CT molecular complexity index is 714. The van der Waals surface area contributed by atoms with Crippen molar-refractivity contribution < 1.29 is 9.18 Å². The number of anilines is 1. The molecule has 1 atom stereocenters. The normalized spacial score (nSPS) is 16.6. The Hall–Kier alpha value is -1.81. The van der Waals surface area contributed by atoms with Crippen molar-refractivity contribution in [1.29, 1.82) is 0 Å². The van der Waals surface area contributed by atoms with E-state index in [9.17, 15) is 9.18 Å². The van der Waals surface area contributed by atoms with Crippen LogP contribution in [-0.2, 0) is 11.2 Å². The minimum atomic E-state index is -0.398. The van der Waals surface area contributed by atoms with Crippen LogP contribution in [0.4, 0.5) is 10.1 Å². The Morgan fingerprint density at radius 2 is 1.90 bits per heavy atom. The van der Waals surface area contributed by atoms with Crippen molar-refractivity contribution in [2.24, 2.45) is 0 Å². The van der Waals surface area contributed by atoms with E-state index in [4.69, 9.17) is 0 Å². The molecular weight excluding hydrogens is 285 g/mol. The van der Waals surface area contributed by atoms with E-state index in [0.29, 0.717) is 6.42 Å². The summed E-state index contributed by atoms with van der Waals surface area (Å²) >= 11 is 1.55. The van der Waals surface area contributed by atoms with Crippen LogP contribution in [-0.4, -0.2) is 11.2 Å². The van der Waals surface area contributed by atoms with E-state index in [2.05, 4.69) is 23.5 Å². The molecule has 108 valence electrons. The quantitative estimate of drug-likeness (QED) is 0.905. The minimum absolute atomic E-state index is 0.140. The molecule has 0 saturated carbocycles. The number of halogens is 1. The van der Waals surface area contributed by atoms with Gasteiger partial charge in [-0.25, -0.2) is 4.39 Å². The first kappa shape index (κ1) is 14.1. The van der Waals surface area contributed by atoms with Crippen LogP contribution >= 0.6 is 11.8 Å². The van der Waals surface area contributed by atoms with Crippen molar-refractivity contribution in [3.8, 4) is 0 Å². The van der Waals surface area contributed by atoms with E-state index in [-0.39, 0.29) is 16.8 Å². The van der Waals surface area contributed by atoms with Gasteiger partial charge in [0.15, 0.2) is 0 Å². The van der Waals surface area contributed by atoms with Crippen LogP contribution in [0, 0.1) is 19.7 Å². The summed E-state index contributed by atoms with van der Waals surface area (Å²) in [5, 5.41) is 2.51. The molecule has 1 N–H and O–H groups in total. The highest BCUT2D eigenvalue weighted by Crippen LogP contribution is 2.38. The summed E-state index contributed by atoms with van der Waals surface area (Å²) in [4.78, 5) is 13.5. The van der Waals surface area contributed by atoms with Crippen LogP contribution < -0.4 is 5.32 Å².